The summed E-state index contributed by atoms with van der Waals surface area (Å²) in [6.45, 7) is 4.45. The van der Waals surface area contributed by atoms with Crippen molar-refractivity contribution in [3.63, 3.8) is 0 Å². The van der Waals surface area contributed by atoms with Gasteiger partial charge in [0.05, 0.1) is 40.3 Å². The number of carbonyl (C=O) groups is 3. The third-order valence-electron chi connectivity index (χ3n) is 11.1. The van der Waals surface area contributed by atoms with E-state index in [1.807, 2.05) is 72.9 Å². The SMILES string of the molecule is CC/C=C/C=C/C=C/C=C/C=C/C=C/C=C/CCCCCC(=O)OCC(COCCC(C(=O)[O-])[N+](C)(C)C)OC(=O)CCCCCCCCC/C=C/C/C=C/CCCCCCCCCCC. The molecule has 0 heterocycles. The van der Waals surface area contributed by atoms with Gasteiger partial charge in [-0.1, -0.05) is 213 Å². The molecule has 0 aromatic heterocycles. The molecule has 0 radical (unpaired) electrons. The molecular weight excluding hydrogens is 823 g/mol. The summed E-state index contributed by atoms with van der Waals surface area (Å²) in [6, 6.07) is -0.743. The average Bonchev–Trinajstić information content (AvgIpc) is 3.28. The predicted molar refractivity (Wildman–Crippen MR) is 277 cm³/mol. The van der Waals surface area contributed by atoms with E-state index in [-0.39, 0.29) is 49.1 Å². The third-order valence-corrected chi connectivity index (χ3v) is 11.1. The van der Waals surface area contributed by atoms with Crippen molar-refractivity contribution in [1.29, 1.82) is 0 Å². The lowest BCUT2D eigenvalue weighted by atomic mass is 10.1. The normalized spacial score (nSPS) is 13.8. The lowest BCUT2D eigenvalue weighted by Crippen LogP contribution is -2.55. The molecule has 0 fully saturated rings. The fraction of sp³-hybridized carbons (Fsp3) is 0.638. The van der Waals surface area contributed by atoms with Gasteiger partial charge in [-0.3, -0.25) is 9.59 Å². The van der Waals surface area contributed by atoms with Crippen LogP contribution in [0.5, 0.6) is 0 Å². The fourth-order valence-corrected chi connectivity index (χ4v) is 7.08. The lowest BCUT2D eigenvalue weighted by Gasteiger charge is -2.34. The standard InChI is InChI=1S/C58H95NO7/c1-6-8-10-12-14-16-18-20-22-24-26-27-28-29-31-33-35-37-39-41-43-45-47-49-57(61)66-54(52-64-51-50-55(58(62)63)59(3,4)5)53-65-56(60)48-46-44-42-40-38-36-34-32-30-25-23-21-19-17-15-13-11-9-7-2/h9,11,13,15,17,19,21,23,25-27,29-32,34,36,38,54-55H,6-8,10,12,14,16,18,20,22,24,28,33,35,37,39-53H2,1-5H3/b11-9+,15-13+,19-17+,23-21+,27-26+,30-25+,31-29+,34-32+,38-36+. The monoisotopic (exact) mass is 918 g/mol. The molecule has 0 saturated heterocycles. The highest BCUT2D eigenvalue weighted by Gasteiger charge is 2.25. The number of likely N-dealkylation sites (N-methyl/N-ethyl adjacent to an activating group) is 1. The van der Waals surface area contributed by atoms with E-state index in [2.05, 4.69) is 50.3 Å². The van der Waals surface area contributed by atoms with Crippen molar-refractivity contribution in [2.45, 2.75) is 199 Å². The summed E-state index contributed by atoms with van der Waals surface area (Å²) < 4.78 is 17.2. The van der Waals surface area contributed by atoms with E-state index in [0.717, 1.165) is 64.2 Å². The molecule has 0 aliphatic rings. The van der Waals surface area contributed by atoms with Crippen molar-refractivity contribution in [1.82, 2.24) is 0 Å². The van der Waals surface area contributed by atoms with Gasteiger partial charge in [0.15, 0.2) is 6.10 Å². The lowest BCUT2D eigenvalue weighted by molar-refractivity contribution is -0.889. The van der Waals surface area contributed by atoms with Crippen LogP contribution in [0.4, 0.5) is 0 Å². The van der Waals surface area contributed by atoms with Crippen LogP contribution >= 0.6 is 0 Å². The summed E-state index contributed by atoms with van der Waals surface area (Å²) in [5, 5.41) is 11.7. The van der Waals surface area contributed by atoms with Crippen molar-refractivity contribution in [2.75, 3.05) is 41.0 Å². The summed E-state index contributed by atoms with van der Waals surface area (Å²) in [6.07, 6.45) is 65.5. The fourth-order valence-electron chi connectivity index (χ4n) is 7.08. The second-order valence-electron chi connectivity index (χ2n) is 18.2. The minimum absolute atomic E-state index is 0.0150. The molecule has 0 N–H and O–H groups in total. The number of hydrogen-bond donors (Lipinski definition) is 0. The van der Waals surface area contributed by atoms with Crippen LogP contribution in [0.15, 0.2) is 109 Å². The zero-order valence-electron chi connectivity index (χ0n) is 42.6. The van der Waals surface area contributed by atoms with Crippen molar-refractivity contribution in [3.8, 4) is 0 Å². The number of rotatable bonds is 45. The van der Waals surface area contributed by atoms with Crippen molar-refractivity contribution >= 4 is 17.9 Å². The summed E-state index contributed by atoms with van der Waals surface area (Å²) >= 11 is 0. The molecule has 0 bridgehead atoms. The summed E-state index contributed by atoms with van der Waals surface area (Å²) in [4.78, 5) is 37.0. The van der Waals surface area contributed by atoms with Crippen LogP contribution in [0.2, 0.25) is 0 Å². The van der Waals surface area contributed by atoms with Crippen molar-refractivity contribution in [2.24, 2.45) is 0 Å². The quantitative estimate of drug-likeness (QED) is 0.0197. The summed E-state index contributed by atoms with van der Waals surface area (Å²) in [5.74, 6) is -1.81. The molecule has 0 aliphatic heterocycles. The Hall–Kier alpha value is -4.01. The molecule has 2 atom stereocenters. The molecule has 0 saturated carbocycles. The number of unbranched alkanes of at least 4 members (excludes halogenated alkanes) is 19. The number of esters is 2. The van der Waals surface area contributed by atoms with E-state index in [1.165, 1.54) is 83.5 Å². The van der Waals surface area contributed by atoms with Gasteiger partial charge in [-0.05, 0) is 64.2 Å². The van der Waals surface area contributed by atoms with E-state index < -0.39 is 18.1 Å². The van der Waals surface area contributed by atoms with E-state index in [1.54, 1.807) is 21.1 Å². The minimum atomic E-state index is -1.14. The Bertz CT molecular complexity index is 1440. The van der Waals surface area contributed by atoms with E-state index >= 15 is 0 Å². The smallest absolute Gasteiger partial charge is 0.306 e. The van der Waals surface area contributed by atoms with Crippen LogP contribution in [0.1, 0.15) is 187 Å². The number of carbonyl (C=O) groups excluding carboxylic acids is 3. The van der Waals surface area contributed by atoms with Crippen LogP contribution in [0.3, 0.4) is 0 Å². The largest absolute Gasteiger partial charge is 0.544 e. The molecule has 0 rings (SSSR count). The number of nitrogens with zero attached hydrogens (tertiary/aromatic N) is 1. The molecule has 374 valence electrons. The molecule has 0 spiro atoms. The van der Waals surface area contributed by atoms with E-state index in [4.69, 9.17) is 14.2 Å². The maximum Gasteiger partial charge on any atom is 0.306 e. The van der Waals surface area contributed by atoms with Gasteiger partial charge in [0.1, 0.15) is 12.6 Å². The highest BCUT2D eigenvalue weighted by Crippen LogP contribution is 2.14. The second-order valence-corrected chi connectivity index (χ2v) is 18.2. The highest BCUT2D eigenvalue weighted by atomic mass is 16.6. The number of carboxylic acids is 1. The second kappa shape index (κ2) is 47.5. The zero-order valence-corrected chi connectivity index (χ0v) is 42.6. The molecular formula is C58H95NO7. The number of ether oxygens (including phenoxy) is 3. The maximum absolute atomic E-state index is 12.8. The Morgan fingerprint density at radius 2 is 0.909 bits per heavy atom. The van der Waals surface area contributed by atoms with Gasteiger partial charge < -0.3 is 28.6 Å². The number of hydrogen-bond acceptors (Lipinski definition) is 7. The number of allylic oxidation sites excluding steroid dienone is 18. The Balaban J connectivity index is 4.37. The first-order valence-electron chi connectivity index (χ1n) is 26.0. The average molecular weight is 918 g/mol. The first kappa shape index (κ1) is 62.0. The number of aliphatic carboxylic acids is 1. The zero-order chi connectivity index (χ0) is 48.4. The van der Waals surface area contributed by atoms with Gasteiger partial charge in [0.25, 0.3) is 0 Å². The van der Waals surface area contributed by atoms with Crippen LogP contribution in [0.25, 0.3) is 0 Å². The maximum atomic E-state index is 12.8. The summed E-state index contributed by atoms with van der Waals surface area (Å²) in [7, 11) is 5.39. The molecule has 0 aromatic rings. The van der Waals surface area contributed by atoms with E-state index in [0.29, 0.717) is 12.8 Å². The number of carboxylic acid groups (broad SMARTS) is 1. The van der Waals surface area contributed by atoms with Gasteiger partial charge in [-0.2, -0.15) is 0 Å². The number of quaternary nitrogens is 1. The van der Waals surface area contributed by atoms with Gasteiger partial charge in [0, 0.05) is 19.3 Å². The van der Waals surface area contributed by atoms with Crippen molar-refractivity contribution in [3.05, 3.63) is 109 Å². The van der Waals surface area contributed by atoms with Crippen LogP contribution in [0, 0.1) is 0 Å². The van der Waals surface area contributed by atoms with Crippen molar-refractivity contribution < 1.29 is 38.2 Å². The molecule has 66 heavy (non-hydrogen) atoms. The van der Waals surface area contributed by atoms with Crippen LogP contribution in [-0.2, 0) is 28.6 Å². The Kier molecular flexibility index (Phi) is 44.6. The minimum Gasteiger partial charge on any atom is -0.544 e. The molecule has 0 amide bonds. The Morgan fingerprint density at radius 3 is 1.39 bits per heavy atom. The Morgan fingerprint density at radius 1 is 0.485 bits per heavy atom. The molecule has 8 heteroatoms. The molecule has 0 aromatic carbocycles. The van der Waals surface area contributed by atoms with Gasteiger partial charge in [-0.25, -0.2) is 0 Å². The molecule has 8 nitrogen and oxygen atoms in total. The van der Waals surface area contributed by atoms with Gasteiger partial charge >= 0.3 is 11.9 Å². The first-order valence-corrected chi connectivity index (χ1v) is 26.0. The van der Waals surface area contributed by atoms with Crippen LogP contribution < -0.4 is 5.11 Å². The highest BCUT2D eigenvalue weighted by molar-refractivity contribution is 5.70. The first-order chi connectivity index (χ1) is 32.1. The third kappa shape index (κ3) is 45.2. The summed E-state index contributed by atoms with van der Waals surface area (Å²) in [5.41, 5.74) is 0. The van der Waals surface area contributed by atoms with Gasteiger partial charge in [-0.15, -0.1) is 0 Å². The molecule has 2 unspecified atom stereocenters. The van der Waals surface area contributed by atoms with E-state index in [9.17, 15) is 19.5 Å². The topological polar surface area (TPSA) is 102 Å². The Labute approximate surface area is 404 Å². The van der Waals surface area contributed by atoms with Crippen LogP contribution in [-0.4, -0.2) is 75.5 Å². The predicted octanol–water partition coefficient (Wildman–Crippen LogP) is 13.9. The van der Waals surface area contributed by atoms with Gasteiger partial charge in [0.2, 0.25) is 0 Å². The molecule has 0 aliphatic carbocycles.